The highest BCUT2D eigenvalue weighted by atomic mass is 19.4. The van der Waals surface area contributed by atoms with Gasteiger partial charge in [0.2, 0.25) is 0 Å². The Morgan fingerprint density at radius 2 is 1.75 bits per heavy atom. The quantitative estimate of drug-likeness (QED) is 0.942. The summed E-state index contributed by atoms with van der Waals surface area (Å²) >= 11 is 0. The van der Waals surface area contributed by atoms with E-state index in [-0.39, 0.29) is 0 Å². The zero-order chi connectivity index (χ0) is 15.0. The molecule has 0 aliphatic heterocycles. The lowest BCUT2D eigenvalue weighted by Crippen LogP contribution is -2.29. The first-order valence-corrected chi connectivity index (χ1v) is 6.02. The normalized spacial score (nSPS) is 12.7. The minimum Gasteiger partial charge on any atom is -0.320 e. The fraction of sp³-hybridized carbons (Fsp3) is 0.385. The SMILES string of the molecule is CC(C)(N)c1cn(Cc2ccc(C(F)(F)F)cc2)nn1. The van der Waals surface area contributed by atoms with Crippen molar-refractivity contribution in [1.29, 1.82) is 0 Å². The topological polar surface area (TPSA) is 56.7 Å². The summed E-state index contributed by atoms with van der Waals surface area (Å²) < 4.78 is 38.9. The van der Waals surface area contributed by atoms with E-state index in [0.717, 1.165) is 12.1 Å². The molecule has 0 saturated heterocycles. The predicted octanol–water partition coefficient (Wildman–Crippen LogP) is 2.54. The van der Waals surface area contributed by atoms with Gasteiger partial charge in [-0.25, -0.2) is 4.68 Å². The third kappa shape index (κ3) is 3.36. The van der Waals surface area contributed by atoms with E-state index >= 15 is 0 Å². The van der Waals surface area contributed by atoms with Crippen molar-refractivity contribution in [2.24, 2.45) is 5.73 Å². The molecule has 0 spiro atoms. The van der Waals surface area contributed by atoms with E-state index in [1.54, 1.807) is 24.7 Å². The average Bonchev–Trinajstić information content (AvgIpc) is 2.77. The van der Waals surface area contributed by atoms with E-state index in [9.17, 15) is 13.2 Å². The van der Waals surface area contributed by atoms with Gasteiger partial charge in [0.05, 0.1) is 23.8 Å². The zero-order valence-corrected chi connectivity index (χ0v) is 11.1. The van der Waals surface area contributed by atoms with Crippen LogP contribution >= 0.6 is 0 Å². The maximum absolute atomic E-state index is 12.4. The van der Waals surface area contributed by atoms with E-state index < -0.39 is 17.3 Å². The van der Waals surface area contributed by atoms with Crippen LogP contribution in [0.25, 0.3) is 0 Å². The number of nitrogens with zero attached hydrogens (tertiary/aromatic N) is 3. The highest BCUT2D eigenvalue weighted by Gasteiger charge is 2.29. The Kier molecular flexibility index (Phi) is 3.56. The summed E-state index contributed by atoms with van der Waals surface area (Å²) in [6.45, 7) is 3.96. The Bertz CT molecular complexity index is 579. The van der Waals surface area contributed by atoms with Gasteiger partial charge in [0.15, 0.2) is 0 Å². The van der Waals surface area contributed by atoms with E-state index in [1.165, 1.54) is 12.1 Å². The molecule has 0 unspecified atom stereocenters. The van der Waals surface area contributed by atoms with Crippen molar-refractivity contribution in [2.45, 2.75) is 32.1 Å². The molecule has 108 valence electrons. The fourth-order valence-electron chi connectivity index (χ4n) is 1.66. The molecular formula is C13H15F3N4. The molecule has 1 aromatic heterocycles. The largest absolute Gasteiger partial charge is 0.416 e. The molecule has 2 N–H and O–H groups in total. The Morgan fingerprint density at radius 1 is 1.15 bits per heavy atom. The number of rotatable bonds is 3. The van der Waals surface area contributed by atoms with E-state index in [1.807, 2.05) is 0 Å². The van der Waals surface area contributed by atoms with Crippen molar-refractivity contribution < 1.29 is 13.2 Å². The number of aromatic nitrogens is 3. The molecule has 0 fully saturated rings. The number of alkyl halides is 3. The van der Waals surface area contributed by atoms with Gasteiger partial charge >= 0.3 is 6.18 Å². The molecule has 4 nitrogen and oxygen atoms in total. The molecular weight excluding hydrogens is 269 g/mol. The van der Waals surface area contributed by atoms with Crippen molar-refractivity contribution in [1.82, 2.24) is 15.0 Å². The average molecular weight is 284 g/mol. The minimum absolute atomic E-state index is 0.348. The third-order valence-corrected chi connectivity index (χ3v) is 2.82. The van der Waals surface area contributed by atoms with Gasteiger partial charge in [0, 0.05) is 0 Å². The van der Waals surface area contributed by atoms with Gasteiger partial charge in [-0.1, -0.05) is 17.3 Å². The summed E-state index contributed by atoms with van der Waals surface area (Å²) in [5.41, 5.74) is 5.97. The van der Waals surface area contributed by atoms with Gasteiger partial charge in [0.25, 0.3) is 0 Å². The van der Waals surface area contributed by atoms with Crippen LogP contribution < -0.4 is 5.73 Å². The molecule has 2 aromatic rings. The first-order valence-electron chi connectivity index (χ1n) is 6.02. The van der Waals surface area contributed by atoms with Gasteiger partial charge in [0.1, 0.15) is 5.69 Å². The molecule has 0 aliphatic rings. The fourth-order valence-corrected chi connectivity index (χ4v) is 1.66. The second kappa shape index (κ2) is 4.90. The van der Waals surface area contributed by atoms with Crippen molar-refractivity contribution in [3.63, 3.8) is 0 Å². The summed E-state index contributed by atoms with van der Waals surface area (Å²) in [5, 5.41) is 7.86. The smallest absolute Gasteiger partial charge is 0.320 e. The number of halogens is 3. The molecule has 0 aliphatic carbocycles. The first-order chi connectivity index (χ1) is 9.16. The third-order valence-electron chi connectivity index (χ3n) is 2.82. The van der Waals surface area contributed by atoms with Crippen LogP contribution in [0.15, 0.2) is 30.5 Å². The monoisotopic (exact) mass is 284 g/mol. The van der Waals surface area contributed by atoms with Crippen molar-refractivity contribution in [3.8, 4) is 0 Å². The summed E-state index contributed by atoms with van der Waals surface area (Å²) in [4.78, 5) is 0. The lowest BCUT2D eigenvalue weighted by atomic mass is 10.0. The lowest BCUT2D eigenvalue weighted by Gasteiger charge is -2.13. The molecule has 2 rings (SSSR count). The Morgan fingerprint density at radius 3 is 2.20 bits per heavy atom. The Balaban J connectivity index is 2.13. The second-order valence-corrected chi connectivity index (χ2v) is 5.22. The lowest BCUT2D eigenvalue weighted by molar-refractivity contribution is -0.137. The van der Waals surface area contributed by atoms with Crippen LogP contribution in [0.2, 0.25) is 0 Å². The van der Waals surface area contributed by atoms with Gasteiger partial charge in [-0.2, -0.15) is 13.2 Å². The minimum atomic E-state index is -4.32. The Hall–Kier alpha value is -1.89. The number of hydrogen-bond acceptors (Lipinski definition) is 3. The molecule has 0 atom stereocenters. The Labute approximate surface area is 114 Å². The maximum atomic E-state index is 12.4. The van der Waals surface area contributed by atoms with Crippen molar-refractivity contribution in [3.05, 3.63) is 47.3 Å². The summed E-state index contributed by atoms with van der Waals surface area (Å²) in [5.74, 6) is 0. The van der Waals surface area contributed by atoms with E-state index in [4.69, 9.17) is 5.73 Å². The van der Waals surface area contributed by atoms with Gasteiger partial charge in [-0.3, -0.25) is 0 Å². The van der Waals surface area contributed by atoms with Crippen LogP contribution in [0, 0.1) is 0 Å². The molecule has 0 bridgehead atoms. The molecule has 1 aromatic carbocycles. The van der Waals surface area contributed by atoms with E-state index in [0.29, 0.717) is 17.8 Å². The van der Waals surface area contributed by atoms with Gasteiger partial charge < -0.3 is 5.73 Å². The zero-order valence-electron chi connectivity index (χ0n) is 11.1. The van der Waals surface area contributed by atoms with Crippen LogP contribution in [-0.4, -0.2) is 15.0 Å². The molecule has 1 heterocycles. The number of hydrogen-bond donors (Lipinski definition) is 1. The summed E-state index contributed by atoms with van der Waals surface area (Å²) in [7, 11) is 0. The van der Waals surface area contributed by atoms with Crippen molar-refractivity contribution >= 4 is 0 Å². The second-order valence-electron chi connectivity index (χ2n) is 5.22. The van der Waals surface area contributed by atoms with Gasteiger partial charge in [-0.15, -0.1) is 5.10 Å². The molecule has 7 heteroatoms. The molecule has 20 heavy (non-hydrogen) atoms. The maximum Gasteiger partial charge on any atom is 0.416 e. The van der Waals surface area contributed by atoms with Crippen LogP contribution in [0.1, 0.15) is 30.7 Å². The highest BCUT2D eigenvalue weighted by molar-refractivity contribution is 5.24. The van der Waals surface area contributed by atoms with E-state index in [2.05, 4.69) is 10.3 Å². The van der Waals surface area contributed by atoms with Gasteiger partial charge in [-0.05, 0) is 31.5 Å². The number of benzene rings is 1. The van der Waals surface area contributed by atoms with Crippen LogP contribution in [0.3, 0.4) is 0 Å². The molecule has 0 amide bonds. The standard InChI is InChI=1S/C13H15F3N4/c1-12(2,17)11-8-20(19-18-11)7-9-3-5-10(6-4-9)13(14,15)16/h3-6,8H,7,17H2,1-2H3. The highest BCUT2D eigenvalue weighted by Crippen LogP contribution is 2.29. The van der Waals surface area contributed by atoms with Crippen LogP contribution in [0.5, 0.6) is 0 Å². The van der Waals surface area contributed by atoms with Crippen LogP contribution in [0.4, 0.5) is 13.2 Å². The van der Waals surface area contributed by atoms with Crippen LogP contribution in [-0.2, 0) is 18.3 Å². The predicted molar refractivity (Wildman–Crippen MR) is 67.8 cm³/mol. The summed E-state index contributed by atoms with van der Waals surface area (Å²) in [6, 6.07) is 4.97. The summed E-state index contributed by atoms with van der Waals surface area (Å²) in [6.07, 6.45) is -2.62. The van der Waals surface area contributed by atoms with Crippen molar-refractivity contribution in [2.75, 3.05) is 0 Å². The number of nitrogens with two attached hydrogens (primary N) is 1. The first kappa shape index (κ1) is 14.5. The molecule has 0 radical (unpaired) electrons. The molecule has 0 saturated carbocycles.